The smallest absolute Gasteiger partial charge is 0.482 e. The van der Waals surface area contributed by atoms with Crippen molar-refractivity contribution in [3.63, 3.8) is 0 Å². The molecule has 0 amide bonds. The van der Waals surface area contributed by atoms with Gasteiger partial charge in [-0.2, -0.15) is 0 Å². The van der Waals surface area contributed by atoms with E-state index in [0.29, 0.717) is 36.0 Å². The highest BCUT2D eigenvalue weighted by molar-refractivity contribution is 6.62. The fraction of sp³-hybridized carbons (Fsp3) is 0.633. The number of esters is 1. The molecule has 1 heterocycles. The van der Waals surface area contributed by atoms with E-state index in [2.05, 4.69) is 25.6 Å². The molecule has 1 aromatic carbocycles. The zero-order chi connectivity index (χ0) is 29.5. The molecule has 10 heteroatoms. The molecule has 2 N–H and O–H groups in total. The van der Waals surface area contributed by atoms with E-state index < -0.39 is 53.5 Å². The summed E-state index contributed by atoms with van der Waals surface area (Å²) in [6.07, 6.45) is 2.41. The summed E-state index contributed by atoms with van der Waals surface area (Å²) in [6, 6.07) is 4.96. The van der Waals surface area contributed by atoms with E-state index in [4.69, 9.17) is 14.2 Å². The van der Waals surface area contributed by atoms with Crippen LogP contribution in [0.3, 0.4) is 0 Å². The Hall–Kier alpha value is -2.72. The second kappa shape index (κ2) is 11.3. The molecule has 0 unspecified atom stereocenters. The molecule has 2 aliphatic carbocycles. The number of benzene rings is 1. The van der Waals surface area contributed by atoms with Gasteiger partial charge in [-0.05, 0) is 80.0 Å². The number of aliphatic hydroxyl groups excluding tert-OH is 1. The molecule has 4 rings (SSSR count). The molecule has 8 nitrogen and oxygen atoms in total. The molecule has 0 aromatic heterocycles. The molecular weight excluding hydrogens is 516 g/mol. The molecule has 218 valence electrons. The molecular formula is C30H41BFNO7. The maximum Gasteiger partial charge on any atom is 0.583 e. The monoisotopic (exact) mass is 557 g/mol. The highest BCUT2D eigenvalue weighted by atomic mass is 19.1. The average Bonchev–Trinajstić information content (AvgIpc) is 2.92. The van der Waals surface area contributed by atoms with Crippen LogP contribution in [0.15, 0.2) is 36.0 Å². The Morgan fingerprint density at radius 1 is 1.35 bits per heavy atom. The minimum absolute atomic E-state index is 0.0263. The Morgan fingerprint density at radius 3 is 2.75 bits per heavy atom. The number of carbonyl (C=O) groups excluding carboxylic acids is 2. The zero-order valence-corrected chi connectivity index (χ0v) is 24.1. The van der Waals surface area contributed by atoms with Crippen molar-refractivity contribution in [1.29, 1.82) is 0 Å². The second-order valence-corrected chi connectivity index (χ2v) is 12.7. The fourth-order valence-electron chi connectivity index (χ4n) is 7.09. The van der Waals surface area contributed by atoms with Gasteiger partial charge in [0, 0.05) is 16.3 Å². The lowest BCUT2D eigenvalue weighted by Gasteiger charge is -2.60. The topological polar surface area (TPSA) is 115 Å². The van der Waals surface area contributed by atoms with Gasteiger partial charge in [0.1, 0.15) is 11.9 Å². The first kappa shape index (κ1) is 30.2. The predicted octanol–water partition coefficient (Wildman–Crippen LogP) is 3.75. The Morgan fingerprint density at radius 2 is 2.08 bits per heavy atom. The zero-order valence-electron chi connectivity index (χ0n) is 24.1. The van der Waals surface area contributed by atoms with Crippen molar-refractivity contribution in [2.75, 3.05) is 6.61 Å². The first-order valence-electron chi connectivity index (χ1n) is 14.0. The van der Waals surface area contributed by atoms with E-state index in [-0.39, 0.29) is 24.9 Å². The largest absolute Gasteiger partial charge is 0.583 e. The summed E-state index contributed by atoms with van der Waals surface area (Å²) >= 11 is 0. The Bertz CT molecular complexity index is 1180. The van der Waals surface area contributed by atoms with Gasteiger partial charge in [0.25, 0.3) is 0 Å². The summed E-state index contributed by atoms with van der Waals surface area (Å²) in [4.78, 5) is 25.2. The highest BCUT2D eigenvalue weighted by Crippen LogP contribution is 2.62. The minimum Gasteiger partial charge on any atom is -0.482 e. The molecule has 0 saturated heterocycles. The molecule has 2 saturated carbocycles. The van der Waals surface area contributed by atoms with E-state index in [9.17, 15) is 19.7 Å². The van der Waals surface area contributed by atoms with E-state index in [1.165, 1.54) is 13.1 Å². The van der Waals surface area contributed by atoms with Crippen LogP contribution in [0.25, 0.3) is 0 Å². The lowest BCUT2D eigenvalue weighted by Crippen LogP contribution is -2.58. The SMILES string of the molecule is C=C[C@]1(C)C[C@@H](OC(=O)COc2ccc3c(c2)B(O)ON=C3)[C@@]2(C)C[C@](C[C@H](F)C(C)=O)(CC[C@H]2C)[C@@H](C)[C@@H]1O. The molecule has 1 aliphatic heterocycles. The van der Waals surface area contributed by atoms with Crippen molar-refractivity contribution in [3.05, 3.63) is 36.4 Å². The minimum atomic E-state index is -1.62. The van der Waals surface area contributed by atoms with Crippen LogP contribution in [0.1, 0.15) is 72.3 Å². The number of ether oxygens (including phenoxy) is 2. The van der Waals surface area contributed by atoms with E-state index in [1.807, 2.05) is 13.8 Å². The summed E-state index contributed by atoms with van der Waals surface area (Å²) in [5, 5.41) is 25.3. The van der Waals surface area contributed by atoms with Gasteiger partial charge in [-0.1, -0.05) is 33.8 Å². The van der Waals surface area contributed by atoms with Crippen LogP contribution in [0.2, 0.25) is 0 Å². The van der Waals surface area contributed by atoms with Crippen LogP contribution < -0.4 is 10.2 Å². The van der Waals surface area contributed by atoms with E-state index in [1.54, 1.807) is 24.3 Å². The second-order valence-electron chi connectivity index (χ2n) is 12.7. The van der Waals surface area contributed by atoms with Crippen LogP contribution in [0, 0.1) is 28.1 Å². The molecule has 40 heavy (non-hydrogen) atoms. The first-order chi connectivity index (χ1) is 18.7. The highest BCUT2D eigenvalue weighted by Gasteiger charge is 2.59. The van der Waals surface area contributed by atoms with Gasteiger partial charge in [-0.25, -0.2) is 9.18 Å². The number of hydrogen-bond donors (Lipinski definition) is 2. The Kier molecular flexibility index (Phi) is 8.53. The molecule has 0 radical (unpaired) electrons. The summed E-state index contributed by atoms with van der Waals surface area (Å²) < 4.78 is 31.8. The number of oxime groups is 1. The summed E-state index contributed by atoms with van der Waals surface area (Å²) in [5.74, 6) is -0.879. The standard InChI is InChI=1S/C30H41BFNO7/c1-7-28(5)14-25(39-26(35)16-38-22-9-8-21-15-33-40-31(37)23(21)12-22)29(6)17-30(11-10-18(29)2,19(3)27(28)36)13-24(32)20(4)34/h7-9,12,15,18-19,24-25,27,36-37H,1,10-11,13-14,16-17H2,2-6H3/t18-,19+,24+,25-,27+,28-,29+,30-/m1/s1. The normalized spacial score (nSPS) is 35.9. The number of fused-ring (bicyclic) bond motifs is 3. The van der Waals surface area contributed by atoms with Crippen LogP contribution >= 0.6 is 0 Å². The summed E-state index contributed by atoms with van der Waals surface area (Å²) in [5.41, 5.74) is -0.833. The van der Waals surface area contributed by atoms with Crippen LogP contribution in [0.4, 0.5) is 4.39 Å². The van der Waals surface area contributed by atoms with Crippen molar-refractivity contribution in [2.45, 2.75) is 85.1 Å². The van der Waals surface area contributed by atoms with Crippen LogP contribution in [-0.4, -0.2) is 60.2 Å². The number of halogens is 1. The van der Waals surface area contributed by atoms with Crippen molar-refractivity contribution in [1.82, 2.24) is 0 Å². The van der Waals surface area contributed by atoms with Crippen LogP contribution in [0.5, 0.6) is 5.75 Å². The van der Waals surface area contributed by atoms with Gasteiger partial charge >= 0.3 is 13.1 Å². The number of aliphatic hydroxyl groups is 1. The maximum atomic E-state index is 15.0. The first-order valence-corrected chi connectivity index (χ1v) is 14.0. The number of carbonyl (C=O) groups is 2. The number of Topliss-reactive ketones (excluding diaryl/α,β-unsaturated/α-hetero) is 1. The van der Waals surface area contributed by atoms with Crippen molar-refractivity contribution < 1.29 is 38.3 Å². The number of alkyl halides is 1. The predicted molar refractivity (Wildman–Crippen MR) is 150 cm³/mol. The molecule has 1 aromatic rings. The van der Waals surface area contributed by atoms with Gasteiger partial charge < -0.3 is 24.4 Å². The number of rotatable bonds is 8. The number of nitrogens with zero attached hydrogens (tertiary/aromatic N) is 1. The van der Waals surface area contributed by atoms with Gasteiger partial charge in [-0.15, -0.1) is 11.7 Å². The van der Waals surface area contributed by atoms with Gasteiger partial charge in [0.05, 0.1) is 12.3 Å². The fourth-order valence-corrected chi connectivity index (χ4v) is 7.09. The van der Waals surface area contributed by atoms with Gasteiger partial charge in [-0.3, -0.25) is 4.79 Å². The Balaban J connectivity index is 1.59. The molecule has 2 fully saturated rings. The van der Waals surface area contributed by atoms with Gasteiger partial charge in [0.15, 0.2) is 18.6 Å². The van der Waals surface area contributed by atoms with Crippen molar-refractivity contribution in [2.24, 2.45) is 33.2 Å². The third-order valence-electron chi connectivity index (χ3n) is 10.2. The lowest BCUT2D eigenvalue weighted by molar-refractivity contribution is -0.192. The maximum absolute atomic E-state index is 15.0. The lowest BCUT2D eigenvalue weighted by atomic mass is 9.47. The molecule has 8 atom stereocenters. The van der Waals surface area contributed by atoms with E-state index >= 15 is 4.39 Å². The summed E-state index contributed by atoms with van der Waals surface area (Å²) in [6.45, 7) is 12.9. The Labute approximate surface area is 236 Å². The third-order valence-corrected chi connectivity index (χ3v) is 10.2. The number of hydrogen-bond acceptors (Lipinski definition) is 8. The third kappa shape index (κ3) is 5.57. The quantitative estimate of drug-likeness (QED) is 0.284. The van der Waals surface area contributed by atoms with Gasteiger partial charge in [0.2, 0.25) is 0 Å². The summed E-state index contributed by atoms with van der Waals surface area (Å²) in [7, 11) is -1.23. The van der Waals surface area contributed by atoms with E-state index in [0.717, 1.165) is 6.42 Å². The van der Waals surface area contributed by atoms with Crippen molar-refractivity contribution >= 4 is 30.5 Å². The average molecular weight is 557 g/mol. The number of ketones is 1. The molecule has 0 spiro atoms. The van der Waals surface area contributed by atoms with Crippen molar-refractivity contribution in [3.8, 4) is 5.75 Å². The molecule has 3 aliphatic rings. The molecule has 2 bridgehead atoms. The van der Waals surface area contributed by atoms with Crippen LogP contribution in [-0.2, 0) is 19.1 Å².